The monoisotopic (exact) mass is 342 g/mol. The molecule has 0 bridgehead atoms. The van der Waals surface area contributed by atoms with Gasteiger partial charge in [-0.1, -0.05) is 12.1 Å². The first-order chi connectivity index (χ1) is 12.0. The number of hydrogen-bond donors (Lipinski definition) is 1. The second-order valence-electron chi connectivity index (χ2n) is 6.29. The number of amides is 2. The molecule has 0 aliphatic carbocycles. The molecular weight excluding hydrogens is 319 g/mol. The minimum atomic E-state index is -0.421. The van der Waals surface area contributed by atoms with Gasteiger partial charge in [-0.25, -0.2) is 9.18 Å². The minimum absolute atomic E-state index is 0.217. The molecule has 1 N–H and O–H groups in total. The van der Waals surface area contributed by atoms with Gasteiger partial charge in [0.05, 0.1) is 5.69 Å². The number of benzene rings is 2. The van der Waals surface area contributed by atoms with Crippen LogP contribution in [-0.2, 0) is 0 Å². The molecule has 0 spiro atoms. The van der Waals surface area contributed by atoms with E-state index < -0.39 is 5.82 Å². The largest absolute Gasteiger partial charge is 0.378 e. The highest BCUT2D eigenvalue weighted by molar-refractivity contribution is 5.89. The molecule has 0 saturated carbocycles. The SMILES string of the molecule is CN(C)c1ccc(N2CCN(C(=O)Nc3ccccc3F)CC2)cc1. The van der Waals surface area contributed by atoms with E-state index >= 15 is 0 Å². The maximum Gasteiger partial charge on any atom is 0.322 e. The Labute approximate surface area is 147 Å². The lowest BCUT2D eigenvalue weighted by molar-refractivity contribution is 0.208. The second kappa shape index (κ2) is 7.42. The van der Waals surface area contributed by atoms with Gasteiger partial charge in [-0.3, -0.25) is 0 Å². The molecule has 1 aliphatic heterocycles. The molecule has 2 aromatic rings. The van der Waals surface area contributed by atoms with Crippen molar-refractivity contribution in [3.8, 4) is 0 Å². The van der Waals surface area contributed by atoms with Crippen LogP contribution in [0.5, 0.6) is 0 Å². The molecule has 5 nitrogen and oxygen atoms in total. The molecule has 0 unspecified atom stereocenters. The van der Waals surface area contributed by atoms with Gasteiger partial charge in [0, 0.05) is 51.6 Å². The fraction of sp³-hybridized carbons (Fsp3) is 0.316. The average Bonchev–Trinajstić information content (AvgIpc) is 2.64. The van der Waals surface area contributed by atoms with E-state index in [2.05, 4.69) is 39.4 Å². The molecule has 0 aromatic heterocycles. The van der Waals surface area contributed by atoms with Crippen molar-refractivity contribution in [1.82, 2.24) is 4.90 Å². The molecule has 25 heavy (non-hydrogen) atoms. The summed E-state index contributed by atoms with van der Waals surface area (Å²) >= 11 is 0. The van der Waals surface area contributed by atoms with E-state index in [1.54, 1.807) is 23.1 Å². The predicted molar refractivity (Wildman–Crippen MR) is 100.0 cm³/mol. The standard InChI is InChI=1S/C19H23FN4O/c1-22(2)15-7-9-16(10-8-15)23-11-13-24(14-12-23)19(25)21-18-6-4-3-5-17(18)20/h3-10H,11-14H2,1-2H3,(H,21,25). The number of rotatable bonds is 3. The molecule has 1 fully saturated rings. The van der Waals surface area contributed by atoms with Crippen LogP contribution in [0.15, 0.2) is 48.5 Å². The van der Waals surface area contributed by atoms with Gasteiger partial charge >= 0.3 is 6.03 Å². The van der Waals surface area contributed by atoms with E-state index in [1.807, 2.05) is 14.1 Å². The Hall–Kier alpha value is -2.76. The predicted octanol–water partition coefficient (Wildman–Crippen LogP) is 3.25. The van der Waals surface area contributed by atoms with Crippen molar-refractivity contribution < 1.29 is 9.18 Å². The summed E-state index contributed by atoms with van der Waals surface area (Å²) in [6.45, 7) is 2.73. The minimum Gasteiger partial charge on any atom is -0.378 e. The van der Waals surface area contributed by atoms with Crippen LogP contribution in [0.4, 0.5) is 26.2 Å². The summed E-state index contributed by atoms with van der Waals surface area (Å²) < 4.78 is 13.6. The van der Waals surface area contributed by atoms with Crippen LogP contribution < -0.4 is 15.1 Å². The van der Waals surface area contributed by atoms with Crippen molar-refractivity contribution in [3.05, 3.63) is 54.3 Å². The Kier molecular flexibility index (Phi) is 5.07. The summed E-state index contributed by atoms with van der Waals surface area (Å²) in [7, 11) is 4.03. The van der Waals surface area contributed by atoms with Crippen molar-refractivity contribution in [2.45, 2.75) is 0 Å². The van der Waals surface area contributed by atoms with Crippen molar-refractivity contribution >= 4 is 23.1 Å². The first-order valence-corrected chi connectivity index (χ1v) is 8.37. The van der Waals surface area contributed by atoms with E-state index in [0.717, 1.165) is 24.5 Å². The van der Waals surface area contributed by atoms with E-state index in [-0.39, 0.29) is 11.7 Å². The maximum atomic E-state index is 13.6. The lowest BCUT2D eigenvalue weighted by Crippen LogP contribution is -2.50. The lowest BCUT2D eigenvalue weighted by atomic mass is 10.2. The van der Waals surface area contributed by atoms with Gasteiger partial charge in [-0.2, -0.15) is 0 Å². The molecule has 132 valence electrons. The number of hydrogen-bond acceptors (Lipinski definition) is 3. The summed E-state index contributed by atoms with van der Waals surface area (Å²) in [5.41, 5.74) is 2.53. The molecule has 0 atom stereocenters. The molecule has 2 amide bonds. The number of carbonyl (C=O) groups is 1. The summed E-state index contributed by atoms with van der Waals surface area (Å²) in [5.74, 6) is -0.421. The Balaban J connectivity index is 1.56. The quantitative estimate of drug-likeness (QED) is 0.931. The highest BCUT2D eigenvalue weighted by Gasteiger charge is 2.22. The van der Waals surface area contributed by atoms with Gasteiger partial charge < -0.3 is 20.0 Å². The highest BCUT2D eigenvalue weighted by atomic mass is 19.1. The van der Waals surface area contributed by atoms with E-state index in [1.165, 1.54) is 6.07 Å². The number of para-hydroxylation sites is 1. The maximum absolute atomic E-state index is 13.6. The zero-order chi connectivity index (χ0) is 17.8. The van der Waals surface area contributed by atoms with Crippen LogP contribution in [0.25, 0.3) is 0 Å². The molecule has 1 heterocycles. The van der Waals surface area contributed by atoms with Crippen molar-refractivity contribution in [1.29, 1.82) is 0 Å². The zero-order valence-corrected chi connectivity index (χ0v) is 14.6. The lowest BCUT2D eigenvalue weighted by Gasteiger charge is -2.36. The van der Waals surface area contributed by atoms with Crippen LogP contribution in [0.1, 0.15) is 0 Å². The number of carbonyl (C=O) groups excluding carboxylic acids is 1. The Morgan fingerprint density at radius 2 is 1.64 bits per heavy atom. The Morgan fingerprint density at radius 1 is 1.00 bits per heavy atom. The Bertz CT molecular complexity index is 724. The number of urea groups is 1. The van der Waals surface area contributed by atoms with Gasteiger partial charge in [0.25, 0.3) is 0 Å². The van der Waals surface area contributed by atoms with Gasteiger partial charge in [0.1, 0.15) is 5.82 Å². The average molecular weight is 342 g/mol. The van der Waals surface area contributed by atoms with Crippen LogP contribution in [0.3, 0.4) is 0 Å². The van der Waals surface area contributed by atoms with Crippen molar-refractivity contribution in [3.63, 3.8) is 0 Å². The molecule has 3 rings (SSSR count). The van der Waals surface area contributed by atoms with Gasteiger partial charge in [0.15, 0.2) is 0 Å². The van der Waals surface area contributed by atoms with Gasteiger partial charge in [0.2, 0.25) is 0 Å². The fourth-order valence-electron chi connectivity index (χ4n) is 2.89. The van der Waals surface area contributed by atoms with Gasteiger partial charge in [-0.05, 0) is 36.4 Å². The second-order valence-corrected chi connectivity index (χ2v) is 6.29. The molecule has 1 aliphatic rings. The topological polar surface area (TPSA) is 38.8 Å². The third-order valence-electron chi connectivity index (χ3n) is 4.41. The molecule has 1 saturated heterocycles. The normalized spacial score (nSPS) is 14.4. The number of anilines is 3. The number of nitrogens with zero attached hydrogens (tertiary/aromatic N) is 3. The van der Waals surface area contributed by atoms with Crippen molar-refractivity contribution in [2.75, 3.05) is 55.4 Å². The van der Waals surface area contributed by atoms with E-state index in [0.29, 0.717) is 13.1 Å². The summed E-state index contributed by atoms with van der Waals surface area (Å²) in [6.07, 6.45) is 0. The smallest absolute Gasteiger partial charge is 0.322 e. The van der Waals surface area contributed by atoms with Crippen LogP contribution >= 0.6 is 0 Å². The first kappa shape index (κ1) is 17.1. The van der Waals surface area contributed by atoms with Crippen LogP contribution in [0.2, 0.25) is 0 Å². The van der Waals surface area contributed by atoms with Crippen LogP contribution in [-0.4, -0.2) is 51.2 Å². The third-order valence-corrected chi connectivity index (χ3v) is 4.41. The molecule has 0 radical (unpaired) electrons. The first-order valence-electron chi connectivity index (χ1n) is 8.37. The molecule has 2 aromatic carbocycles. The van der Waals surface area contributed by atoms with Crippen molar-refractivity contribution in [2.24, 2.45) is 0 Å². The fourth-order valence-corrected chi connectivity index (χ4v) is 2.89. The zero-order valence-electron chi connectivity index (χ0n) is 14.6. The molecule has 6 heteroatoms. The van der Waals surface area contributed by atoms with E-state index in [9.17, 15) is 9.18 Å². The molecular formula is C19H23FN4O. The van der Waals surface area contributed by atoms with Gasteiger partial charge in [-0.15, -0.1) is 0 Å². The number of piperazine rings is 1. The number of nitrogens with one attached hydrogen (secondary N) is 1. The van der Waals surface area contributed by atoms with Crippen LogP contribution in [0, 0.1) is 5.82 Å². The number of halogens is 1. The third kappa shape index (κ3) is 4.02. The summed E-state index contributed by atoms with van der Waals surface area (Å²) in [4.78, 5) is 18.3. The highest BCUT2D eigenvalue weighted by Crippen LogP contribution is 2.21. The summed E-state index contributed by atoms with van der Waals surface area (Å²) in [5, 5.41) is 2.64. The Morgan fingerprint density at radius 3 is 2.24 bits per heavy atom. The summed E-state index contributed by atoms with van der Waals surface area (Å²) in [6, 6.07) is 14.3. The van der Waals surface area contributed by atoms with E-state index in [4.69, 9.17) is 0 Å².